The first-order valence-corrected chi connectivity index (χ1v) is 4.47. The van der Waals surface area contributed by atoms with Crippen molar-refractivity contribution in [3.63, 3.8) is 0 Å². The minimum Gasteiger partial charge on any atom is -0.463 e. The minimum absolute atomic E-state index is 0.397. The van der Waals surface area contributed by atoms with Gasteiger partial charge in [-0.15, -0.1) is 0 Å². The summed E-state index contributed by atoms with van der Waals surface area (Å²) in [4.78, 5) is 8.30. The van der Waals surface area contributed by atoms with E-state index in [4.69, 9.17) is 10.2 Å². The van der Waals surface area contributed by atoms with Crippen molar-refractivity contribution in [2.45, 2.75) is 0 Å². The van der Waals surface area contributed by atoms with Crippen LogP contribution in [0.5, 0.6) is 0 Å². The Balaban J connectivity index is 2.29. The summed E-state index contributed by atoms with van der Waals surface area (Å²) in [5, 5.41) is 0. The van der Waals surface area contributed by atoms with E-state index in [1.54, 1.807) is 12.5 Å². The molecule has 0 aromatic carbocycles. The van der Waals surface area contributed by atoms with Crippen molar-refractivity contribution in [1.29, 1.82) is 0 Å². The average molecular weight is 200 g/mol. The predicted molar refractivity (Wildman–Crippen MR) is 55.1 cm³/mol. The highest BCUT2D eigenvalue weighted by Gasteiger charge is 2.07. The van der Waals surface area contributed by atoms with Gasteiger partial charge in [0.15, 0.2) is 17.2 Å². The SMILES string of the molecule is Nc1nc(-c2ccco2)cn2ccnc12. The van der Waals surface area contributed by atoms with Gasteiger partial charge in [-0.1, -0.05) is 0 Å². The summed E-state index contributed by atoms with van der Waals surface area (Å²) in [5.74, 6) is 1.09. The summed E-state index contributed by atoms with van der Waals surface area (Å²) in [6, 6.07) is 3.65. The summed E-state index contributed by atoms with van der Waals surface area (Å²) >= 11 is 0. The number of fused-ring (bicyclic) bond motifs is 1. The molecular weight excluding hydrogens is 192 g/mol. The van der Waals surface area contributed by atoms with Gasteiger partial charge in [0.25, 0.3) is 0 Å². The van der Waals surface area contributed by atoms with Gasteiger partial charge < -0.3 is 14.6 Å². The fourth-order valence-corrected chi connectivity index (χ4v) is 1.50. The van der Waals surface area contributed by atoms with Crippen LogP contribution < -0.4 is 5.73 Å². The summed E-state index contributed by atoms with van der Waals surface area (Å²) in [5.41, 5.74) is 7.13. The fourth-order valence-electron chi connectivity index (χ4n) is 1.50. The molecule has 3 aromatic heterocycles. The van der Waals surface area contributed by atoms with Gasteiger partial charge in [0.05, 0.1) is 6.26 Å². The van der Waals surface area contributed by atoms with Crippen LogP contribution in [0.2, 0.25) is 0 Å². The molecule has 0 aliphatic heterocycles. The van der Waals surface area contributed by atoms with Crippen LogP contribution in [0, 0.1) is 0 Å². The Labute approximate surface area is 85.2 Å². The van der Waals surface area contributed by atoms with Crippen LogP contribution in [0.15, 0.2) is 41.4 Å². The molecule has 0 saturated carbocycles. The average Bonchev–Trinajstić information content (AvgIpc) is 2.88. The highest BCUT2D eigenvalue weighted by molar-refractivity contribution is 5.64. The number of hydrogen-bond acceptors (Lipinski definition) is 4. The third-order valence-corrected chi connectivity index (χ3v) is 2.17. The van der Waals surface area contributed by atoms with Gasteiger partial charge in [-0.25, -0.2) is 9.97 Å². The van der Waals surface area contributed by atoms with Crippen LogP contribution >= 0.6 is 0 Å². The predicted octanol–water partition coefficient (Wildman–Crippen LogP) is 1.57. The molecule has 0 unspecified atom stereocenters. The van der Waals surface area contributed by atoms with Crippen molar-refractivity contribution in [2.24, 2.45) is 0 Å². The van der Waals surface area contributed by atoms with Gasteiger partial charge in [0.1, 0.15) is 5.69 Å². The van der Waals surface area contributed by atoms with Crippen molar-refractivity contribution in [2.75, 3.05) is 5.73 Å². The normalized spacial score (nSPS) is 10.9. The second kappa shape index (κ2) is 2.84. The number of anilines is 1. The zero-order valence-electron chi connectivity index (χ0n) is 7.79. The van der Waals surface area contributed by atoms with Crippen LogP contribution in [0.4, 0.5) is 5.82 Å². The Bertz CT molecular complexity index is 597. The Morgan fingerprint density at radius 3 is 3.13 bits per heavy atom. The van der Waals surface area contributed by atoms with Crippen LogP contribution in [-0.4, -0.2) is 14.4 Å². The lowest BCUT2D eigenvalue weighted by Crippen LogP contribution is -1.98. The number of nitrogens with zero attached hydrogens (tertiary/aromatic N) is 3. The standard InChI is InChI=1S/C10H8N4O/c11-9-10-12-3-4-14(10)6-7(13-9)8-2-1-5-15-8/h1-6H,(H2,11,13). The first-order valence-electron chi connectivity index (χ1n) is 4.47. The Hall–Kier alpha value is -2.30. The van der Waals surface area contributed by atoms with Crippen LogP contribution in [-0.2, 0) is 0 Å². The van der Waals surface area contributed by atoms with Crippen LogP contribution in [0.1, 0.15) is 0 Å². The number of furan rings is 1. The van der Waals surface area contributed by atoms with E-state index in [1.165, 1.54) is 0 Å². The molecular formula is C10H8N4O. The molecule has 74 valence electrons. The number of imidazole rings is 1. The number of hydrogen-bond donors (Lipinski definition) is 1. The molecule has 0 bridgehead atoms. The van der Waals surface area contributed by atoms with Gasteiger partial charge in [0.2, 0.25) is 0 Å². The van der Waals surface area contributed by atoms with E-state index < -0.39 is 0 Å². The molecule has 15 heavy (non-hydrogen) atoms. The van der Waals surface area contributed by atoms with E-state index >= 15 is 0 Å². The lowest BCUT2D eigenvalue weighted by molar-refractivity contribution is 0.579. The molecule has 3 rings (SSSR count). The van der Waals surface area contributed by atoms with E-state index in [0.29, 0.717) is 22.9 Å². The largest absolute Gasteiger partial charge is 0.463 e. The zero-order chi connectivity index (χ0) is 10.3. The first kappa shape index (κ1) is 8.05. The highest BCUT2D eigenvalue weighted by Crippen LogP contribution is 2.20. The van der Waals surface area contributed by atoms with Crippen molar-refractivity contribution in [3.8, 4) is 11.5 Å². The number of nitrogen functional groups attached to an aromatic ring is 1. The molecule has 0 spiro atoms. The van der Waals surface area contributed by atoms with Crippen LogP contribution in [0.25, 0.3) is 17.1 Å². The van der Waals surface area contributed by atoms with Gasteiger partial charge in [0, 0.05) is 18.6 Å². The Morgan fingerprint density at radius 1 is 1.40 bits per heavy atom. The topological polar surface area (TPSA) is 69.3 Å². The quantitative estimate of drug-likeness (QED) is 0.647. The molecule has 0 radical (unpaired) electrons. The lowest BCUT2D eigenvalue weighted by atomic mass is 10.3. The second-order valence-electron chi connectivity index (χ2n) is 3.15. The van der Waals surface area contributed by atoms with Crippen molar-refractivity contribution >= 4 is 11.5 Å². The van der Waals surface area contributed by atoms with Crippen molar-refractivity contribution in [3.05, 3.63) is 37.0 Å². The first-order chi connectivity index (χ1) is 7.34. The molecule has 5 heteroatoms. The summed E-state index contributed by atoms with van der Waals surface area (Å²) in [7, 11) is 0. The molecule has 2 N–H and O–H groups in total. The molecule has 3 aromatic rings. The van der Waals surface area contributed by atoms with Crippen molar-refractivity contribution in [1.82, 2.24) is 14.4 Å². The number of aromatic nitrogens is 3. The summed E-state index contributed by atoms with van der Waals surface area (Å²) in [6.45, 7) is 0. The van der Waals surface area contributed by atoms with Gasteiger partial charge in [-0.3, -0.25) is 0 Å². The summed E-state index contributed by atoms with van der Waals surface area (Å²) < 4.78 is 7.07. The third-order valence-electron chi connectivity index (χ3n) is 2.17. The molecule has 3 heterocycles. The molecule has 0 aliphatic rings. The number of rotatable bonds is 1. The molecule has 0 atom stereocenters. The number of nitrogens with two attached hydrogens (primary N) is 1. The van der Waals surface area contributed by atoms with Crippen molar-refractivity contribution < 1.29 is 4.42 Å². The van der Waals surface area contributed by atoms with E-state index in [9.17, 15) is 0 Å². The Morgan fingerprint density at radius 2 is 2.33 bits per heavy atom. The molecule has 5 nitrogen and oxygen atoms in total. The monoisotopic (exact) mass is 200 g/mol. The van der Waals surface area contributed by atoms with E-state index in [1.807, 2.05) is 28.9 Å². The maximum atomic E-state index is 5.77. The zero-order valence-corrected chi connectivity index (χ0v) is 7.79. The second-order valence-corrected chi connectivity index (χ2v) is 3.15. The Kier molecular flexibility index (Phi) is 1.53. The molecule has 0 amide bonds. The smallest absolute Gasteiger partial charge is 0.179 e. The highest BCUT2D eigenvalue weighted by atomic mass is 16.3. The third kappa shape index (κ3) is 1.17. The summed E-state index contributed by atoms with van der Waals surface area (Å²) in [6.07, 6.45) is 6.93. The van der Waals surface area contributed by atoms with E-state index in [0.717, 1.165) is 0 Å². The van der Waals surface area contributed by atoms with Gasteiger partial charge in [-0.2, -0.15) is 0 Å². The fraction of sp³-hybridized carbons (Fsp3) is 0. The van der Waals surface area contributed by atoms with E-state index in [-0.39, 0.29) is 0 Å². The minimum atomic E-state index is 0.397. The van der Waals surface area contributed by atoms with Crippen LogP contribution in [0.3, 0.4) is 0 Å². The molecule has 0 aliphatic carbocycles. The maximum absolute atomic E-state index is 5.77. The van der Waals surface area contributed by atoms with Gasteiger partial charge in [-0.05, 0) is 12.1 Å². The van der Waals surface area contributed by atoms with E-state index in [2.05, 4.69) is 9.97 Å². The molecule has 0 saturated heterocycles. The maximum Gasteiger partial charge on any atom is 0.179 e. The van der Waals surface area contributed by atoms with Gasteiger partial charge >= 0.3 is 0 Å². The lowest BCUT2D eigenvalue weighted by Gasteiger charge is -2.01. The molecule has 0 fully saturated rings.